The Kier molecular flexibility index (Phi) is 15.9. The van der Waals surface area contributed by atoms with E-state index in [1.807, 2.05) is 46.8 Å². The Morgan fingerprint density at radius 2 is 1.56 bits per heavy atom. The van der Waals surface area contributed by atoms with Crippen molar-refractivity contribution >= 4 is 35.1 Å². The number of ketones is 2. The van der Waals surface area contributed by atoms with Crippen molar-refractivity contribution in [2.24, 2.45) is 28.7 Å². The molecule has 0 saturated carbocycles. The minimum Gasteiger partial charge on any atom is -0.352 e. The Bertz CT molecular complexity index is 1000. The second kappa shape index (κ2) is 18.2. The molecule has 10 nitrogen and oxygen atoms in total. The van der Waals surface area contributed by atoms with E-state index >= 15 is 0 Å². The van der Waals surface area contributed by atoms with Gasteiger partial charge in [0, 0.05) is 42.8 Å². The smallest absolute Gasteiger partial charge is 0.312 e. The van der Waals surface area contributed by atoms with Crippen molar-refractivity contribution in [3.63, 3.8) is 0 Å². The minimum atomic E-state index is -0.703. The van der Waals surface area contributed by atoms with Crippen LogP contribution in [0.1, 0.15) is 91.5 Å². The van der Waals surface area contributed by atoms with Gasteiger partial charge in [-0.2, -0.15) is 0 Å². The lowest BCUT2D eigenvalue weighted by molar-refractivity contribution is -0.131. The molecule has 230 valence electrons. The summed E-state index contributed by atoms with van der Waals surface area (Å²) in [5.41, 5.74) is 11.8. The quantitative estimate of drug-likeness (QED) is 0.157. The third-order valence-corrected chi connectivity index (χ3v) is 6.98. The van der Waals surface area contributed by atoms with Crippen LogP contribution in [0.25, 0.3) is 0 Å². The first kappa shape index (κ1) is 35.8. The molecule has 2 atom stereocenters. The molecular formula is C31H51N5O5. The van der Waals surface area contributed by atoms with E-state index < -0.39 is 18.0 Å². The van der Waals surface area contributed by atoms with Gasteiger partial charge in [-0.15, -0.1) is 0 Å². The van der Waals surface area contributed by atoms with Crippen molar-refractivity contribution in [3.05, 3.63) is 29.8 Å². The van der Waals surface area contributed by atoms with Gasteiger partial charge in [-0.3, -0.25) is 19.2 Å². The first-order valence-electron chi connectivity index (χ1n) is 14.7. The number of anilines is 1. The summed E-state index contributed by atoms with van der Waals surface area (Å²) in [5.74, 6) is -1.33. The van der Waals surface area contributed by atoms with E-state index in [-0.39, 0.29) is 47.7 Å². The molecule has 0 bridgehead atoms. The zero-order valence-corrected chi connectivity index (χ0v) is 25.5. The largest absolute Gasteiger partial charge is 0.352 e. The highest BCUT2D eigenvalue weighted by molar-refractivity contribution is 5.97. The van der Waals surface area contributed by atoms with Crippen LogP contribution in [0.3, 0.4) is 0 Å². The first-order chi connectivity index (χ1) is 19.2. The standard InChI is InChI=1S/C31H51N5O5/c1-21(2)28(36-27(39)11-7-6-8-18-32)25(37)20-23(10-9-19-34-30(33)41)29(40)35-24-15-12-22(13-16-24)14-17-26(38)31(3,4)5/h12-13,15-16,21,23,28H,6-11,14,17-20,32H2,1-5H3,(H,35,40)(H,36,39)(H3,33,34,41)/t23-,28+/m1/s1. The fraction of sp³-hybridized carbons (Fsp3) is 0.645. The second-order valence-corrected chi connectivity index (χ2v) is 12.0. The number of benzene rings is 1. The van der Waals surface area contributed by atoms with Gasteiger partial charge in [0.25, 0.3) is 0 Å². The van der Waals surface area contributed by atoms with Gasteiger partial charge in [-0.1, -0.05) is 53.2 Å². The number of hydrogen-bond donors (Lipinski definition) is 5. The summed E-state index contributed by atoms with van der Waals surface area (Å²) in [6, 6.07) is 5.96. The van der Waals surface area contributed by atoms with Crippen molar-refractivity contribution in [2.45, 2.75) is 98.4 Å². The number of primary amides is 1. The molecule has 4 amide bonds. The van der Waals surface area contributed by atoms with Gasteiger partial charge in [0.2, 0.25) is 11.8 Å². The van der Waals surface area contributed by atoms with Crippen molar-refractivity contribution in [3.8, 4) is 0 Å². The van der Waals surface area contributed by atoms with Gasteiger partial charge in [-0.25, -0.2) is 4.79 Å². The molecule has 0 saturated heterocycles. The van der Waals surface area contributed by atoms with Gasteiger partial charge in [0.1, 0.15) is 5.78 Å². The summed E-state index contributed by atoms with van der Waals surface area (Å²) in [5, 5.41) is 8.26. The molecule has 0 fully saturated rings. The van der Waals surface area contributed by atoms with E-state index in [0.29, 0.717) is 50.8 Å². The minimum absolute atomic E-state index is 0.0499. The van der Waals surface area contributed by atoms with E-state index in [0.717, 1.165) is 18.4 Å². The number of carbonyl (C=O) groups is 5. The summed E-state index contributed by atoms with van der Waals surface area (Å²) < 4.78 is 0. The molecule has 0 radical (unpaired) electrons. The molecule has 0 aromatic heterocycles. The first-order valence-corrected chi connectivity index (χ1v) is 14.7. The third-order valence-electron chi connectivity index (χ3n) is 6.98. The fourth-order valence-corrected chi connectivity index (χ4v) is 4.36. The highest BCUT2D eigenvalue weighted by atomic mass is 16.2. The predicted octanol–water partition coefficient (Wildman–Crippen LogP) is 3.86. The zero-order chi connectivity index (χ0) is 31.0. The van der Waals surface area contributed by atoms with Crippen LogP contribution in [-0.4, -0.2) is 48.5 Å². The highest BCUT2D eigenvalue weighted by Gasteiger charge is 2.29. The van der Waals surface area contributed by atoms with Crippen LogP contribution in [0.15, 0.2) is 24.3 Å². The normalized spacial score (nSPS) is 12.9. The van der Waals surface area contributed by atoms with Crippen LogP contribution in [-0.2, 0) is 25.6 Å². The third kappa shape index (κ3) is 14.8. The lowest BCUT2D eigenvalue weighted by Gasteiger charge is -2.24. The number of nitrogens with one attached hydrogen (secondary N) is 3. The van der Waals surface area contributed by atoms with Gasteiger partial charge < -0.3 is 27.4 Å². The molecule has 0 aliphatic heterocycles. The van der Waals surface area contributed by atoms with Crippen molar-refractivity contribution in [1.29, 1.82) is 0 Å². The topological polar surface area (TPSA) is 173 Å². The zero-order valence-electron chi connectivity index (χ0n) is 25.5. The molecule has 1 aromatic carbocycles. The summed E-state index contributed by atoms with van der Waals surface area (Å²) in [6.45, 7) is 10.3. The van der Waals surface area contributed by atoms with Gasteiger partial charge in [0.15, 0.2) is 5.78 Å². The predicted molar refractivity (Wildman–Crippen MR) is 162 cm³/mol. The lowest BCUT2D eigenvalue weighted by Crippen LogP contribution is -2.45. The monoisotopic (exact) mass is 573 g/mol. The molecular weight excluding hydrogens is 522 g/mol. The SMILES string of the molecule is CC(C)[C@H](NC(=O)CCCCCN)C(=O)C[C@@H](CCCNC(N)=O)C(=O)Nc1ccc(CCC(=O)C(C)(C)C)cc1. The van der Waals surface area contributed by atoms with E-state index in [9.17, 15) is 24.0 Å². The number of carbonyl (C=O) groups excluding carboxylic acids is 5. The van der Waals surface area contributed by atoms with Gasteiger partial charge in [0.05, 0.1) is 6.04 Å². The van der Waals surface area contributed by atoms with Gasteiger partial charge >= 0.3 is 6.03 Å². The summed E-state index contributed by atoms with van der Waals surface area (Å²) >= 11 is 0. The number of Topliss-reactive ketones (excluding diaryl/α,β-unsaturated/α-hetero) is 2. The Morgan fingerprint density at radius 3 is 2.12 bits per heavy atom. The van der Waals surface area contributed by atoms with Crippen molar-refractivity contribution in [2.75, 3.05) is 18.4 Å². The van der Waals surface area contributed by atoms with E-state index in [2.05, 4.69) is 16.0 Å². The molecule has 41 heavy (non-hydrogen) atoms. The highest BCUT2D eigenvalue weighted by Crippen LogP contribution is 2.21. The van der Waals surface area contributed by atoms with Crippen LogP contribution < -0.4 is 27.4 Å². The Labute approximate surface area is 245 Å². The Hall–Kier alpha value is -3.27. The maximum atomic E-state index is 13.3. The molecule has 0 aliphatic carbocycles. The van der Waals surface area contributed by atoms with Gasteiger partial charge in [-0.05, 0) is 62.3 Å². The second-order valence-electron chi connectivity index (χ2n) is 12.0. The van der Waals surface area contributed by atoms with Crippen LogP contribution in [0.2, 0.25) is 0 Å². The number of unbranched alkanes of at least 4 members (excludes halogenated alkanes) is 2. The van der Waals surface area contributed by atoms with Crippen LogP contribution in [0, 0.1) is 17.3 Å². The molecule has 1 rings (SSSR count). The fourth-order valence-electron chi connectivity index (χ4n) is 4.36. The number of urea groups is 1. The van der Waals surface area contributed by atoms with E-state index in [4.69, 9.17) is 11.5 Å². The van der Waals surface area contributed by atoms with Crippen molar-refractivity contribution < 1.29 is 24.0 Å². The molecule has 0 heterocycles. The van der Waals surface area contributed by atoms with Crippen LogP contribution >= 0.6 is 0 Å². The number of amides is 4. The summed E-state index contributed by atoms with van der Waals surface area (Å²) in [4.78, 5) is 62.4. The number of nitrogens with two attached hydrogens (primary N) is 2. The molecule has 0 aliphatic rings. The maximum absolute atomic E-state index is 13.3. The average Bonchev–Trinajstić information content (AvgIpc) is 2.89. The molecule has 0 unspecified atom stereocenters. The number of rotatable bonds is 19. The van der Waals surface area contributed by atoms with E-state index in [1.54, 1.807) is 12.1 Å². The average molecular weight is 574 g/mol. The van der Waals surface area contributed by atoms with E-state index in [1.165, 1.54) is 0 Å². The molecule has 1 aromatic rings. The Balaban J connectivity index is 2.88. The summed E-state index contributed by atoms with van der Waals surface area (Å²) in [7, 11) is 0. The maximum Gasteiger partial charge on any atom is 0.312 e. The summed E-state index contributed by atoms with van der Waals surface area (Å²) in [6.07, 6.45) is 4.53. The van der Waals surface area contributed by atoms with Crippen LogP contribution in [0.4, 0.5) is 10.5 Å². The number of hydrogen-bond acceptors (Lipinski definition) is 6. The molecule has 10 heteroatoms. The van der Waals surface area contributed by atoms with Crippen molar-refractivity contribution in [1.82, 2.24) is 10.6 Å². The molecule has 7 N–H and O–H groups in total. The molecule has 0 spiro atoms. The Morgan fingerprint density at radius 1 is 0.902 bits per heavy atom. The van der Waals surface area contributed by atoms with Crippen LogP contribution in [0.5, 0.6) is 0 Å². The lowest BCUT2D eigenvalue weighted by atomic mass is 9.87. The number of aryl methyl sites for hydroxylation is 1.